The normalized spacial score (nSPS) is 25.1. The number of para-hydroxylation sites is 1. The molecule has 3 heteroatoms. The Morgan fingerprint density at radius 2 is 1.95 bits per heavy atom. The van der Waals surface area contributed by atoms with E-state index in [0.29, 0.717) is 12.0 Å². The van der Waals surface area contributed by atoms with Gasteiger partial charge in [0.15, 0.2) is 0 Å². The van der Waals surface area contributed by atoms with Gasteiger partial charge in [0.1, 0.15) is 0 Å². The zero-order valence-corrected chi connectivity index (χ0v) is 12.5. The number of piperazine rings is 1. The molecule has 0 amide bonds. The van der Waals surface area contributed by atoms with Crippen LogP contribution in [0.5, 0.6) is 0 Å². The van der Waals surface area contributed by atoms with E-state index in [0.717, 1.165) is 13.1 Å². The zero-order chi connectivity index (χ0) is 14.0. The quantitative estimate of drug-likeness (QED) is 0.905. The number of rotatable bonds is 3. The molecule has 0 radical (unpaired) electrons. The van der Waals surface area contributed by atoms with Crippen molar-refractivity contribution in [1.82, 2.24) is 4.90 Å². The average molecular weight is 262 g/mol. The molecule has 1 aromatic rings. The Balaban J connectivity index is 2.27. The van der Waals surface area contributed by atoms with Gasteiger partial charge in [-0.3, -0.25) is 4.90 Å². The van der Waals surface area contributed by atoms with E-state index in [1.165, 1.54) is 11.3 Å². The first kappa shape index (κ1) is 14.4. The molecule has 2 rings (SSSR count). The Labute approximate surface area is 116 Å². The molecule has 0 spiro atoms. The lowest BCUT2D eigenvalue weighted by Crippen LogP contribution is -2.57. The molecular formula is C16H26N2O. The molecule has 19 heavy (non-hydrogen) atoms. The van der Waals surface area contributed by atoms with Crippen molar-refractivity contribution in [1.29, 1.82) is 0 Å². The van der Waals surface area contributed by atoms with Crippen molar-refractivity contribution < 1.29 is 5.11 Å². The second-order valence-corrected chi connectivity index (χ2v) is 5.97. The fourth-order valence-corrected chi connectivity index (χ4v) is 2.91. The van der Waals surface area contributed by atoms with Gasteiger partial charge in [-0.1, -0.05) is 32.0 Å². The summed E-state index contributed by atoms with van der Waals surface area (Å²) in [5.41, 5.74) is 2.73. The second-order valence-electron chi connectivity index (χ2n) is 5.97. The van der Waals surface area contributed by atoms with Crippen LogP contribution in [-0.4, -0.2) is 48.8 Å². The van der Waals surface area contributed by atoms with Crippen molar-refractivity contribution in [2.75, 3.05) is 31.6 Å². The highest BCUT2D eigenvalue weighted by Gasteiger charge is 2.29. The largest absolute Gasteiger partial charge is 0.395 e. The van der Waals surface area contributed by atoms with Crippen LogP contribution in [0.3, 0.4) is 0 Å². The Morgan fingerprint density at radius 1 is 1.26 bits per heavy atom. The maximum absolute atomic E-state index is 9.55. The third-order valence-corrected chi connectivity index (χ3v) is 4.30. The molecule has 2 unspecified atom stereocenters. The molecule has 1 fully saturated rings. The lowest BCUT2D eigenvalue weighted by atomic mass is 9.98. The highest BCUT2D eigenvalue weighted by atomic mass is 16.3. The number of anilines is 1. The Kier molecular flexibility index (Phi) is 4.48. The van der Waals surface area contributed by atoms with Crippen LogP contribution in [0.1, 0.15) is 32.3 Å². The molecule has 1 aliphatic rings. The van der Waals surface area contributed by atoms with E-state index in [1.54, 1.807) is 0 Å². The molecule has 0 bridgehead atoms. The van der Waals surface area contributed by atoms with Crippen LogP contribution in [-0.2, 0) is 0 Å². The summed E-state index contributed by atoms with van der Waals surface area (Å²) in [6.45, 7) is 8.86. The SMILES string of the molecule is CC(C)c1ccccc1N1CC(C)N(C)C(CO)C1. The van der Waals surface area contributed by atoms with E-state index in [4.69, 9.17) is 0 Å². The maximum atomic E-state index is 9.55. The summed E-state index contributed by atoms with van der Waals surface area (Å²) in [6, 6.07) is 9.34. The minimum absolute atomic E-state index is 0.223. The summed E-state index contributed by atoms with van der Waals surface area (Å²) in [4.78, 5) is 4.72. The second kappa shape index (κ2) is 5.93. The van der Waals surface area contributed by atoms with Gasteiger partial charge in [-0.2, -0.15) is 0 Å². The van der Waals surface area contributed by atoms with Crippen molar-refractivity contribution in [3.8, 4) is 0 Å². The fourth-order valence-electron chi connectivity index (χ4n) is 2.91. The van der Waals surface area contributed by atoms with E-state index in [-0.39, 0.29) is 12.6 Å². The molecule has 0 aromatic heterocycles. The number of likely N-dealkylation sites (N-methyl/N-ethyl adjacent to an activating group) is 1. The number of hydrogen-bond acceptors (Lipinski definition) is 3. The minimum Gasteiger partial charge on any atom is -0.395 e. The Morgan fingerprint density at radius 3 is 2.58 bits per heavy atom. The lowest BCUT2D eigenvalue weighted by molar-refractivity contribution is 0.0996. The molecule has 2 atom stereocenters. The summed E-state index contributed by atoms with van der Waals surface area (Å²) >= 11 is 0. The first-order valence-corrected chi connectivity index (χ1v) is 7.21. The van der Waals surface area contributed by atoms with E-state index in [2.05, 4.69) is 61.9 Å². The average Bonchev–Trinajstić information content (AvgIpc) is 2.41. The van der Waals surface area contributed by atoms with Crippen LogP contribution >= 0.6 is 0 Å². The predicted octanol–water partition coefficient (Wildman–Crippen LogP) is 2.31. The highest BCUT2D eigenvalue weighted by Crippen LogP contribution is 2.29. The van der Waals surface area contributed by atoms with E-state index < -0.39 is 0 Å². The zero-order valence-electron chi connectivity index (χ0n) is 12.5. The molecule has 0 saturated carbocycles. The van der Waals surface area contributed by atoms with E-state index in [1.807, 2.05) is 0 Å². The third kappa shape index (κ3) is 2.93. The van der Waals surface area contributed by atoms with Crippen LogP contribution in [0.2, 0.25) is 0 Å². The van der Waals surface area contributed by atoms with Gasteiger partial charge in [-0.15, -0.1) is 0 Å². The van der Waals surface area contributed by atoms with Crippen LogP contribution in [0.4, 0.5) is 5.69 Å². The van der Waals surface area contributed by atoms with E-state index >= 15 is 0 Å². The molecule has 0 aliphatic carbocycles. The smallest absolute Gasteiger partial charge is 0.0604 e. The standard InChI is InChI=1S/C16H26N2O/c1-12(2)15-7-5-6-8-16(15)18-9-13(3)17(4)14(10-18)11-19/h5-8,12-14,19H,9-11H2,1-4H3. The summed E-state index contributed by atoms with van der Waals surface area (Å²) in [6.07, 6.45) is 0. The van der Waals surface area contributed by atoms with Gasteiger partial charge < -0.3 is 10.0 Å². The molecule has 1 heterocycles. The minimum atomic E-state index is 0.223. The number of nitrogens with zero attached hydrogens (tertiary/aromatic N) is 2. The van der Waals surface area contributed by atoms with Gasteiger partial charge in [-0.25, -0.2) is 0 Å². The lowest BCUT2D eigenvalue weighted by Gasteiger charge is -2.45. The molecular weight excluding hydrogens is 236 g/mol. The monoisotopic (exact) mass is 262 g/mol. The number of aliphatic hydroxyl groups is 1. The molecule has 1 aromatic carbocycles. The molecule has 3 nitrogen and oxygen atoms in total. The number of benzene rings is 1. The van der Waals surface area contributed by atoms with Gasteiger partial charge in [0, 0.05) is 24.8 Å². The number of aliphatic hydroxyl groups excluding tert-OH is 1. The van der Waals surface area contributed by atoms with Crippen molar-refractivity contribution >= 4 is 5.69 Å². The van der Waals surface area contributed by atoms with Crippen LogP contribution in [0.25, 0.3) is 0 Å². The first-order chi connectivity index (χ1) is 9.04. The van der Waals surface area contributed by atoms with Gasteiger partial charge >= 0.3 is 0 Å². The maximum Gasteiger partial charge on any atom is 0.0604 e. The van der Waals surface area contributed by atoms with Gasteiger partial charge in [-0.05, 0) is 31.5 Å². The fraction of sp³-hybridized carbons (Fsp3) is 0.625. The van der Waals surface area contributed by atoms with Crippen molar-refractivity contribution in [3.05, 3.63) is 29.8 Å². The highest BCUT2D eigenvalue weighted by molar-refractivity contribution is 5.55. The van der Waals surface area contributed by atoms with E-state index in [9.17, 15) is 5.11 Å². The summed E-state index contributed by atoms with van der Waals surface area (Å²) in [5.74, 6) is 0.527. The predicted molar refractivity (Wildman–Crippen MR) is 80.8 cm³/mol. The van der Waals surface area contributed by atoms with Crippen LogP contribution in [0, 0.1) is 0 Å². The molecule has 1 aliphatic heterocycles. The summed E-state index contributed by atoms with van der Waals surface area (Å²) < 4.78 is 0. The molecule has 1 N–H and O–H groups in total. The van der Waals surface area contributed by atoms with Crippen molar-refractivity contribution in [3.63, 3.8) is 0 Å². The summed E-state index contributed by atoms with van der Waals surface area (Å²) in [7, 11) is 2.11. The number of hydrogen-bond donors (Lipinski definition) is 1. The topological polar surface area (TPSA) is 26.7 Å². The van der Waals surface area contributed by atoms with Gasteiger partial charge in [0.25, 0.3) is 0 Å². The summed E-state index contributed by atoms with van der Waals surface area (Å²) in [5, 5.41) is 9.55. The Hall–Kier alpha value is -1.06. The van der Waals surface area contributed by atoms with Crippen molar-refractivity contribution in [2.24, 2.45) is 0 Å². The third-order valence-electron chi connectivity index (χ3n) is 4.30. The van der Waals surface area contributed by atoms with Gasteiger partial charge in [0.05, 0.1) is 12.6 Å². The van der Waals surface area contributed by atoms with Crippen molar-refractivity contribution in [2.45, 2.75) is 38.8 Å². The van der Waals surface area contributed by atoms with Crippen LogP contribution in [0.15, 0.2) is 24.3 Å². The van der Waals surface area contributed by atoms with Crippen LogP contribution < -0.4 is 4.90 Å². The first-order valence-electron chi connectivity index (χ1n) is 7.21. The molecule has 106 valence electrons. The van der Waals surface area contributed by atoms with Gasteiger partial charge in [0.2, 0.25) is 0 Å². The Bertz CT molecular complexity index is 419. The molecule has 1 saturated heterocycles.